The van der Waals surface area contributed by atoms with Crippen molar-refractivity contribution >= 4 is 28.2 Å². The highest BCUT2D eigenvalue weighted by molar-refractivity contribution is 6.02. The molecule has 2 aromatic carbocycles. The van der Waals surface area contributed by atoms with Gasteiger partial charge < -0.3 is 10.6 Å². The first-order valence-electron chi connectivity index (χ1n) is 7.99. The molecule has 0 aliphatic carbocycles. The second-order valence-corrected chi connectivity index (χ2v) is 5.65. The van der Waals surface area contributed by atoms with E-state index in [4.69, 9.17) is 0 Å². The predicted molar refractivity (Wildman–Crippen MR) is 96.9 cm³/mol. The Morgan fingerprint density at radius 2 is 1.88 bits per heavy atom. The number of nitrogens with zero attached hydrogens (tertiary/aromatic N) is 2. The zero-order valence-corrected chi connectivity index (χ0v) is 13.8. The Bertz CT molecular complexity index is 859. The van der Waals surface area contributed by atoms with Crippen LogP contribution in [0.5, 0.6) is 0 Å². The van der Waals surface area contributed by atoms with E-state index in [2.05, 4.69) is 27.5 Å². The lowest BCUT2D eigenvalue weighted by molar-refractivity contribution is 0.0992. The van der Waals surface area contributed by atoms with Gasteiger partial charge in [0.1, 0.15) is 12.1 Å². The lowest BCUT2D eigenvalue weighted by Crippen LogP contribution is -2.22. The van der Waals surface area contributed by atoms with E-state index in [1.165, 1.54) is 11.9 Å². The fraction of sp³-hybridized carbons (Fsp3) is 0.211. The van der Waals surface area contributed by atoms with Crippen LogP contribution in [0.1, 0.15) is 22.8 Å². The first-order chi connectivity index (χ1) is 11.7. The maximum atomic E-state index is 12.1. The Hall–Kier alpha value is -2.79. The summed E-state index contributed by atoms with van der Waals surface area (Å²) in [6, 6.07) is 13.6. The van der Waals surface area contributed by atoms with E-state index in [-0.39, 0.29) is 5.78 Å². The highest BCUT2D eigenvalue weighted by Crippen LogP contribution is 2.24. The molecule has 0 aliphatic heterocycles. The summed E-state index contributed by atoms with van der Waals surface area (Å²) in [4.78, 5) is 20.8. The van der Waals surface area contributed by atoms with Crippen LogP contribution >= 0.6 is 0 Å². The Kier molecular flexibility index (Phi) is 4.82. The van der Waals surface area contributed by atoms with Crippen molar-refractivity contribution in [2.24, 2.45) is 0 Å². The summed E-state index contributed by atoms with van der Waals surface area (Å²) in [6.45, 7) is 5.13. The molecule has 3 aromatic rings. The summed E-state index contributed by atoms with van der Waals surface area (Å²) in [5.74, 6) is 0.792. The third-order valence-corrected chi connectivity index (χ3v) is 3.81. The number of carbonyl (C=O) groups excluding carboxylic acids is 1. The van der Waals surface area contributed by atoms with Crippen LogP contribution in [-0.2, 0) is 0 Å². The van der Waals surface area contributed by atoms with Gasteiger partial charge in [-0.25, -0.2) is 9.97 Å². The van der Waals surface area contributed by atoms with Crippen molar-refractivity contribution < 1.29 is 4.79 Å². The third-order valence-electron chi connectivity index (χ3n) is 3.81. The number of Topliss-reactive ketones (excluding diaryl/α,β-unsaturated/α-hetero) is 1. The number of aryl methyl sites for hydroxylation is 1. The van der Waals surface area contributed by atoms with Crippen LogP contribution in [0.4, 0.5) is 11.5 Å². The maximum Gasteiger partial charge on any atom is 0.176 e. The number of likely N-dealkylation sites (N-methyl/N-ethyl adjacent to an activating group) is 1. The topological polar surface area (TPSA) is 66.9 Å². The minimum atomic E-state index is 0.0606. The summed E-state index contributed by atoms with van der Waals surface area (Å²) in [7, 11) is 0. The molecule has 24 heavy (non-hydrogen) atoms. The molecular formula is C19H20N4O. The molecule has 3 rings (SSSR count). The van der Waals surface area contributed by atoms with E-state index in [0.717, 1.165) is 29.0 Å². The molecule has 0 aliphatic rings. The Balaban J connectivity index is 1.90. The number of aromatic nitrogens is 2. The van der Waals surface area contributed by atoms with Crippen LogP contribution in [0.3, 0.4) is 0 Å². The van der Waals surface area contributed by atoms with Crippen molar-refractivity contribution in [3.8, 4) is 0 Å². The Labute approximate surface area is 141 Å². The molecule has 0 unspecified atom stereocenters. The van der Waals surface area contributed by atoms with Gasteiger partial charge in [-0.2, -0.15) is 0 Å². The molecule has 5 nitrogen and oxygen atoms in total. The van der Waals surface area contributed by atoms with Gasteiger partial charge in [0.05, 0.1) is 12.1 Å². The molecule has 1 heterocycles. The second-order valence-electron chi connectivity index (χ2n) is 5.65. The highest BCUT2D eigenvalue weighted by atomic mass is 16.1. The number of hydrogen-bond acceptors (Lipinski definition) is 5. The smallest absolute Gasteiger partial charge is 0.176 e. The molecule has 0 saturated heterocycles. The van der Waals surface area contributed by atoms with Gasteiger partial charge in [0.15, 0.2) is 5.78 Å². The molecule has 1 aromatic heterocycles. The second kappa shape index (κ2) is 7.19. The summed E-state index contributed by atoms with van der Waals surface area (Å²) in [6.07, 6.45) is 1.51. The number of fused-ring (bicyclic) bond motifs is 1. The number of anilines is 2. The van der Waals surface area contributed by atoms with Gasteiger partial charge in [0.25, 0.3) is 0 Å². The largest absolute Gasteiger partial charge is 0.340 e. The maximum absolute atomic E-state index is 12.1. The normalized spacial score (nSPS) is 10.8. The minimum absolute atomic E-state index is 0.0606. The summed E-state index contributed by atoms with van der Waals surface area (Å²) < 4.78 is 0. The molecule has 0 radical (unpaired) electrons. The van der Waals surface area contributed by atoms with Crippen LogP contribution in [0.15, 0.2) is 48.8 Å². The van der Waals surface area contributed by atoms with Crippen molar-refractivity contribution in [3.63, 3.8) is 0 Å². The van der Waals surface area contributed by atoms with E-state index < -0.39 is 0 Å². The van der Waals surface area contributed by atoms with Crippen molar-refractivity contribution in [2.75, 3.05) is 18.4 Å². The van der Waals surface area contributed by atoms with Gasteiger partial charge in [-0.3, -0.25) is 4.79 Å². The minimum Gasteiger partial charge on any atom is -0.340 e. The number of benzene rings is 2. The van der Waals surface area contributed by atoms with Crippen molar-refractivity contribution in [2.45, 2.75) is 13.8 Å². The van der Waals surface area contributed by atoms with Gasteiger partial charge in [0.2, 0.25) is 0 Å². The zero-order chi connectivity index (χ0) is 16.9. The standard InChI is InChI=1S/C19H20N4O/c1-3-20-11-18(24)14-6-9-16-17(10-14)21-12-22-19(16)23-15-7-4-13(2)5-8-15/h4-10,12,20H,3,11H2,1-2H3,(H,21,22,23). The van der Waals surface area contributed by atoms with E-state index in [0.29, 0.717) is 12.1 Å². The van der Waals surface area contributed by atoms with Crippen LogP contribution in [0.25, 0.3) is 10.9 Å². The molecule has 0 saturated carbocycles. The average molecular weight is 320 g/mol. The fourth-order valence-corrected chi connectivity index (χ4v) is 2.44. The Morgan fingerprint density at radius 3 is 2.62 bits per heavy atom. The van der Waals surface area contributed by atoms with E-state index in [1.54, 1.807) is 0 Å². The zero-order valence-electron chi connectivity index (χ0n) is 13.8. The predicted octanol–water partition coefficient (Wildman–Crippen LogP) is 3.47. The SMILES string of the molecule is CCNCC(=O)c1ccc2c(Nc3ccc(C)cc3)ncnc2c1. The average Bonchev–Trinajstić information content (AvgIpc) is 2.61. The van der Waals surface area contributed by atoms with E-state index in [9.17, 15) is 4.79 Å². The molecule has 0 spiro atoms. The van der Waals surface area contributed by atoms with Gasteiger partial charge in [-0.05, 0) is 37.7 Å². The van der Waals surface area contributed by atoms with Crippen molar-refractivity contribution in [3.05, 3.63) is 59.9 Å². The van der Waals surface area contributed by atoms with Crippen LogP contribution in [0, 0.1) is 6.92 Å². The van der Waals surface area contributed by atoms with Gasteiger partial charge in [-0.1, -0.05) is 30.7 Å². The highest BCUT2D eigenvalue weighted by Gasteiger charge is 2.09. The number of nitrogens with one attached hydrogen (secondary N) is 2. The monoisotopic (exact) mass is 320 g/mol. The third kappa shape index (κ3) is 3.58. The van der Waals surface area contributed by atoms with Crippen molar-refractivity contribution in [1.82, 2.24) is 15.3 Å². The van der Waals surface area contributed by atoms with Crippen LogP contribution in [-0.4, -0.2) is 28.8 Å². The number of ketones is 1. The van der Waals surface area contributed by atoms with Gasteiger partial charge >= 0.3 is 0 Å². The molecule has 122 valence electrons. The van der Waals surface area contributed by atoms with Gasteiger partial charge in [-0.15, -0.1) is 0 Å². The van der Waals surface area contributed by atoms with E-state index in [1.807, 2.05) is 49.4 Å². The van der Waals surface area contributed by atoms with E-state index >= 15 is 0 Å². The Morgan fingerprint density at radius 1 is 1.08 bits per heavy atom. The lowest BCUT2D eigenvalue weighted by atomic mass is 10.1. The molecule has 0 atom stereocenters. The summed E-state index contributed by atoms with van der Waals surface area (Å²) >= 11 is 0. The molecule has 2 N–H and O–H groups in total. The first kappa shape index (κ1) is 16.1. The quantitative estimate of drug-likeness (QED) is 0.681. The van der Waals surface area contributed by atoms with Crippen LogP contribution in [0.2, 0.25) is 0 Å². The summed E-state index contributed by atoms with van der Waals surface area (Å²) in [5.41, 5.74) is 3.58. The number of carbonyl (C=O) groups is 1. The molecule has 0 fully saturated rings. The van der Waals surface area contributed by atoms with Gasteiger partial charge in [0, 0.05) is 16.6 Å². The van der Waals surface area contributed by atoms with Crippen LogP contribution < -0.4 is 10.6 Å². The lowest BCUT2D eigenvalue weighted by Gasteiger charge is -2.09. The fourth-order valence-electron chi connectivity index (χ4n) is 2.44. The molecule has 5 heteroatoms. The number of rotatable bonds is 6. The molecular weight excluding hydrogens is 300 g/mol. The first-order valence-corrected chi connectivity index (χ1v) is 7.99. The molecule has 0 amide bonds. The summed E-state index contributed by atoms with van der Waals surface area (Å²) in [5, 5.41) is 7.24. The number of hydrogen-bond donors (Lipinski definition) is 2. The molecule has 0 bridgehead atoms. The van der Waals surface area contributed by atoms with Crippen molar-refractivity contribution in [1.29, 1.82) is 0 Å².